The van der Waals surface area contributed by atoms with Crippen molar-refractivity contribution >= 4 is 55.9 Å². The molecule has 10 heteroatoms. The molecule has 0 unspecified atom stereocenters. The summed E-state index contributed by atoms with van der Waals surface area (Å²) in [5.41, 5.74) is 2.49. The van der Waals surface area contributed by atoms with Crippen LogP contribution in [0.2, 0.25) is 0 Å². The average Bonchev–Trinajstić information content (AvgIpc) is 3.49. The number of nitrogens with zero attached hydrogens (tertiary/aromatic N) is 3. The van der Waals surface area contributed by atoms with Crippen LogP contribution < -0.4 is 5.32 Å². The van der Waals surface area contributed by atoms with Crippen LogP contribution in [-0.4, -0.2) is 39.5 Å². The number of nitrogens with one attached hydrogen (secondary N) is 1. The van der Waals surface area contributed by atoms with Crippen molar-refractivity contribution in [3.05, 3.63) is 57.4 Å². The molecule has 0 bridgehead atoms. The van der Waals surface area contributed by atoms with Gasteiger partial charge in [-0.05, 0) is 37.0 Å². The van der Waals surface area contributed by atoms with Crippen LogP contribution in [0.4, 0.5) is 5.00 Å². The van der Waals surface area contributed by atoms with E-state index in [0.717, 1.165) is 50.7 Å². The molecule has 2 aromatic heterocycles. The zero-order valence-electron chi connectivity index (χ0n) is 18.1. The average molecular weight is 548 g/mol. The van der Waals surface area contributed by atoms with Gasteiger partial charge in [-0.15, -0.1) is 28.1 Å². The topological polar surface area (TPSA) is 86.1 Å². The maximum atomic E-state index is 12.6. The molecule has 2 heterocycles. The minimum absolute atomic E-state index is 0.143. The van der Waals surface area contributed by atoms with E-state index in [2.05, 4.69) is 38.0 Å². The van der Waals surface area contributed by atoms with Crippen molar-refractivity contribution in [1.29, 1.82) is 0 Å². The highest BCUT2D eigenvalue weighted by Gasteiger charge is 2.28. The summed E-state index contributed by atoms with van der Waals surface area (Å²) in [6, 6.07) is 7.88. The standard InChI is InChI=1S/C23H23BrN4O3S2/c1-3-12-28-20(14-7-9-15(24)10-8-14)26-27-23(28)32-13-11-18(29)25-21-19(22(30)31-2)16-5-4-6-17(16)33-21/h3,7-10H,1,4-6,11-13H2,2H3,(H,25,29). The Balaban J connectivity index is 1.41. The second-order valence-corrected chi connectivity index (χ2v) is 10.5. The number of halogens is 1. The van der Waals surface area contributed by atoms with E-state index >= 15 is 0 Å². The Hall–Kier alpha value is -2.43. The van der Waals surface area contributed by atoms with Crippen molar-refractivity contribution in [3.63, 3.8) is 0 Å². The number of thiophene rings is 1. The van der Waals surface area contributed by atoms with Gasteiger partial charge in [0.25, 0.3) is 0 Å². The number of hydrogen-bond acceptors (Lipinski definition) is 7. The number of rotatable bonds is 9. The van der Waals surface area contributed by atoms with Crippen molar-refractivity contribution in [2.75, 3.05) is 18.2 Å². The molecule has 1 N–H and O–H groups in total. The van der Waals surface area contributed by atoms with Crippen molar-refractivity contribution < 1.29 is 14.3 Å². The predicted molar refractivity (Wildman–Crippen MR) is 135 cm³/mol. The molecular weight excluding hydrogens is 524 g/mol. The molecule has 0 atom stereocenters. The first-order valence-electron chi connectivity index (χ1n) is 10.5. The molecule has 1 aliphatic rings. The Morgan fingerprint density at radius 2 is 2.09 bits per heavy atom. The molecule has 0 radical (unpaired) electrons. The van der Waals surface area contributed by atoms with Crippen LogP contribution in [0.25, 0.3) is 11.4 Å². The number of carbonyl (C=O) groups excluding carboxylic acids is 2. The summed E-state index contributed by atoms with van der Waals surface area (Å²) >= 11 is 6.39. The SMILES string of the molecule is C=CCn1c(SCCC(=O)Nc2sc3c(c2C(=O)OC)CCC3)nnc1-c1ccc(Br)cc1. The van der Waals surface area contributed by atoms with Crippen molar-refractivity contribution in [1.82, 2.24) is 14.8 Å². The van der Waals surface area contributed by atoms with Gasteiger partial charge >= 0.3 is 5.97 Å². The number of carbonyl (C=O) groups is 2. The van der Waals surface area contributed by atoms with Gasteiger partial charge in [0, 0.05) is 33.6 Å². The molecule has 0 spiro atoms. The van der Waals surface area contributed by atoms with Crippen LogP contribution in [0.1, 0.15) is 33.6 Å². The van der Waals surface area contributed by atoms with E-state index in [1.807, 2.05) is 28.8 Å². The van der Waals surface area contributed by atoms with E-state index in [1.165, 1.54) is 30.2 Å². The third-order valence-corrected chi connectivity index (χ3v) is 7.96. The lowest BCUT2D eigenvalue weighted by molar-refractivity contribution is -0.115. The number of anilines is 1. The van der Waals surface area contributed by atoms with Gasteiger partial charge in [0.15, 0.2) is 11.0 Å². The lowest BCUT2D eigenvalue weighted by Gasteiger charge is -2.09. The Kier molecular flexibility index (Phi) is 7.67. The summed E-state index contributed by atoms with van der Waals surface area (Å²) in [7, 11) is 1.37. The quantitative estimate of drug-likeness (QED) is 0.221. The smallest absolute Gasteiger partial charge is 0.341 e. The van der Waals surface area contributed by atoms with Crippen LogP contribution >= 0.6 is 39.0 Å². The number of allylic oxidation sites excluding steroid dienone is 1. The van der Waals surface area contributed by atoms with E-state index in [1.54, 1.807) is 6.08 Å². The van der Waals surface area contributed by atoms with E-state index in [-0.39, 0.29) is 12.3 Å². The Morgan fingerprint density at radius 1 is 1.30 bits per heavy atom. The number of ether oxygens (including phenoxy) is 1. The van der Waals surface area contributed by atoms with Gasteiger partial charge in [-0.2, -0.15) is 0 Å². The first-order chi connectivity index (χ1) is 16.0. The van der Waals surface area contributed by atoms with Crippen LogP contribution in [-0.2, 0) is 28.9 Å². The Labute approximate surface area is 208 Å². The highest BCUT2D eigenvalue weighted by molar-refractivity contribution is 9.10. The van der Waals surface area contributed by atoms with Gasteiger partial charge in [-0.3, -0.25) is 9.36 Å². The Bertz CT molecular complexity index is 1190. The van der Waals surface area contributed by atoms with E-state index in [9.17, 15) is 9.59 Å². The molecule has 1 amide bonds. The largest absolute Gasteiger partial charge is 0.465 e. The molecule has 33 heavy (non-hydrogen) atoms. The van der Waals surface area contributed by atoms with Gasteiger partial charge in [0.2, 0.25) is 5.91 Å². The number of amides is 1. The minimum Gasteiger partial charge on any atom is -0.465 e. The molecule has 172 valence electrons. The minimum atomic E-state index is -0.392. The summed E-state index contributed by atoms with van der Waals surface area (Å²) in [6.07, 6.45) is 4.90. The van der Waals surface area contributed by atoms with Gasteiger partial charge < -0.3 is 10.1 Å². The summed E-state index contributed by atoms with van der Waals surface area (Å²) in [5, 5.41) is 12.9. The van der Waals surface area contributed by atoms with Crippen LogP contribution in [0.3, 0.4) is 0 Å². The maximum absolute atomic E-state index is 12.6. The summed E-state index contributed by atoms with van der Waals surface area (Å²) in [4.78, 5) is 26.1. The molecule has 0 fully saturated rings. The summed E-state index contributed by atoms with van der Waals surface area (Å²) in [5.74, 6) is 0.748. The van der Waals surface area contributed by atoms with Crippen molar-refractivity contribution in [2.24, 2.45) is 0 Å². The van der Waals surface area contributed by atoms with Crippen molar-refractivity contribution in [3.8, 4) is 11.4 Å². The second kappa shape index (κ2) is 10.7. The number of fused-ring (bicyclic) bond motifs is 1. The molecule has 0 saturated carbocycles. The number of hydrogen-bond donors (Lipinski definition) is 1. The predicted octanol–water partition coefficient (Wildman–Crippen LogP) is 5.35. The fraction of sp³-hybridized carbons (Fsp3) is 0.304. The zero-order valence-corrected chi connectivity index (χ0v) is 21.3. The normalized spacial score (nSPS) is 12.4. The summed E-state index contributed by atoms with van der Waals surface area (Å²) in [6.45, 7) is 4.40. The van der Waals surface area contributed by atoms with Gasteiger partial charge in [-0.1, -0.05) is 45.9 Å². The monoisotopic (exact) mass is 546 g/mol. The molecule has 1 aliphatic carbocycles. The molecule has 7 nitrogen and oxygen atoms in total. The fourth-order valence-corrected chi connectivity index (χ4v) is 6.18. The number of methoxy groups -OCH3 is 1. The van der Waals surface area contributed by atoms with Crippen LogP contribution in [0, 0.1) is 0 Å². The number of benzene rings is 1. The third kappa shape index (κ3) is 5.23. The molecule has 0 saturated heterocycles. The second-order valence-electron chi connectivity index (χ2n) is 7.41. The van der Waals surface area contributed by atoms with E-state index < -0.39 is 5.97 Å². The zero-order chi connectivity index (χ0) is 23.4. The van der Waals surface area contributed by atoms with Crippen molar-refractivity contribution in [2.45, 2.75) is 37.4 Å². The molecule has 1 aromatic carbocycles. The highest BCUT2D eigenvalue weighted by atomic mass is 79.9. The lowest BCUT2D eigenvalue weighted by atomic mass is 10.1. The first kappa shape index (κ1) is 23.7. The number of aryl methyl sites for hydroxylation is 1. The van der Waals surface area contributed by atoms with E-state index in [4.69, 9.17) is 4.74 Å². The van der Waals surface area contributed by atoms with Gasteiger partial charge in [-0.25, -0.2) is 4.79 Å². The van der Waals surface area contributed by atoms with Crippen LogP contribution in [0.5, 0.6) is 0 Å². The molecular formula is C23H23BrN4O3S2. The lowest BCUT2D eigenvalue weighted by Crippen LogP contribution is -2.15. The number of aromatic nitrogens is 3. The molecule has 4 rings (SSSR count). The van der Waals surface area contributed by atoms with E-state index in [0.29, 0.717) is 22.9 Å². The number of esters is 1. The highest BCUT2D eigenvalue weighted by Crippen LogP contribution is 2.39. The maximum Gasteiger partial charge on any atom is 0.341 e. The third-order valence-electron chi connectivity index (χ3n) is 5.25. The van der Waals surface area contributed by atoms with Gasteiger partial charge in [0.05, 0.1) is 12.7 Å². The molecule has 3 aromatic rings. The summed E-state index contributed by atoms with van der Waals surface area (Å²) < 4.78 is 7.92. The first-order valence-corrected chi connectivity index (χ1v) is 13.1. The molecule has 0 aliphatic heterocycles. The number of thioether (sulfide) groups is 1. The Morgan fingerprint density at radius 3 is 2.82 bits per heavy atom. The van der Waals surface area contributed by atoms with Crippen LogP contribution in [0.15, 0.2) is 46.5 Å². The fourth-order valence-electron chi connectivity index (χ4n) is 3.74. The van der Waals surface area contributed by atoms with Gasteiger partial charge in [0.1, 0.15) is 5.00 Å².